The third kappa shape index (κ3) is 1.34. The zero-order chi connectivity index (χ0) is 10.1. The van der Waals surface area contributed by atoms with Crippen LogP contribution in [0.1, 0.15) is 15.9 Å². The predicted molar refractivity (Wildman–Crippen MR) is 58.1 cm³/mol. The Kier molecular flexibility index (Phi) is 2.54. The van der Waals surface area contributed by atoms with Crippen molar-refractivity contribution in [3.63, 3.8) is 0 Å². The number of fused-ring (bicyclic) bond motifs is 1. The Morgan fingerprint density at radius 2 is 2.36 bits per heavy atom. The summed E-state index contributed by atoms with van der Waals surface area (Å²) >= 11 is 7.41. The second-order valence-electron chi connectivity index (χ2n) is 2.87. The number of benzene rings is 1. The van der Waals surface area contributed by atoms with Gasteiger partial charge in [-0.2, -0.15) is 0 Å². The van der Waals surface area contributed by atoms with Gasteiger partial charge in [-0.1, -0.05) is 11.6 Å². The molecule has 2 nitrogen and oxygen atoms in total. The van der Waals surface area contributed by atoms with Gasteiger partial charge in [-0.3, -0.25) is 4.79 Å². The molecule has 0 spiro atoms. The summed E-state index contributed by atoms with van der Waals surface area (Å²) < 4.78 is 0.883. The van der Waals surface area contributed by atoms with Crippen LogP contribution in [-0.2, 0) is 6.61 Å². The first-order chi connectivity index (χ1) is 6.77. The van der Waals surface area contributed by atoms with E-state index in [1.165, 1.54) is 11.3 Å². The zero-order valence-corrected chi connectivity index (χ0v) is 8.73. The standard InChI is InChI=1S/C10H7ClO2S/c11-9-3-6-1-2-14-10(6)8(5-13)7(9)4-12/h1-3,5,12H,4H2. The number of thiophene rings is 1. The molecule has 1 heterocycles. The third-order valence-corrected chi connectivity index (χ3v) is 3.41. The molecule has 72 valence electrons. The fourth-order valence-electron chi connectivity index (χ4n) is 1.43. The van der Waals surface area contributed by atoms with Gasteiger partial charge in [0, 0.05) is 20.8 Å². The average Bonchev–Trinajstić information content (AvgIpc) is 2.62. The van der Waals surface area contributed by atoms with Gasteiger partial charge in [0.1, 0.15) is 0 Å². The highest BCUT2D eigenvalue weighted by molar-refractivity contribution is 7.17. The zero-order valence-electron chi connectivity index (χ0n) is 7.16. The molecule has 0 unspecified atom stereocenters. The molecule has 0 fully saturated rings. The van der Waals surface area contributed by atoms with Crippen molar-refractivity contribution in [2.24, 2.45) is 0 Å². The lowest BCUT2D eigenvalue weighted by Crippen LogP contribution is -1.93. The summed E-state index contributed by atoms with van der Waals surface area (Å²) in [6, 6.07) is 3.67. The number of aliphatic hydroxyl groups excluding tert-OH is 1. The number of aldehydes is 1. The molecule has 0 amide bonds. The van der Waals surface area contributed by atoms with Gasteiger partial charge < -0.3 is 5.11 Å². The summed E-state index contributed by atoms with van der Waals surface area (Å²) in [5.41, 5.74) is 1.02. The first-order valence-electron chi connectivity index (χ1n) is 4.02. The normalized spacial score (nSPS) is 10.7. The Hall–Kier alpha value is -0.900. The number of hydrogen-bond acceptors (Lipinski definition) is 3. The van der Waals surface area contributed by atoms with E-state index in [2.05, 4.69) is 0 Å². The molecule has 14 heavy (non-hydrogen) atoms. The monoisotopic (exact) mass is 226 g/mol. The fraction of sp³-hybridized carbons (Fsp3) is 0.100. The molecule has 1 N–H and O–H groups in total. The van der Waals surface area contributed by atoms with Crippen molar-refractivity contribution in [1.82, 2.24) is 0 Å². The van der Waals surface area contributed by atoms with Crippen LogP contribution in [0.5, 0.6) is 0 Å². The molecule has 0 bridgehead atoms. The summed E-state index contributed by atoms with van der Waals surface area (Å²) in [6.07, 6.45) is 0.746. The molecule has 1 aromatic heterocycles. The summed E-state index contributed by atoms with van der Waals surface area (Å²) in [5, 5.41) is 12.4. The summed E-state index contributed by atoms with van der Waals surface area (Å²) in [4.78, 5) is 10.9. The van der Waals surface area contributed by atoms with E-state index in [0.29, 0.717) is 16.1 Å². The Morgan fingerprint density at radius 3 is 3.00 bits per heavy atom. The van der Waals surface area contributed by atoms with Crippen molar-refractivity contribution < 1.29 is 9.90 Å². The fourth-order valence-corrected chi connectivity index (χ4v) is 2.62. The van der Waals surface area contributed by atoms with Crippen LogP contribution in [0.2, 0.25) is 5.02 Å². The minimum Gasteiger partial charge on any atom is -0.392 e. The predicted octanol–water partition coefficient (Wildman–Crippen LogP) is 2.86. The van der Waals surface area contributed by atoms with E-state index >= 15 is 0 Å². The molecule has 0 saturated carbocycles. The summed E-state index contributed by atoms with van der Waals surface area (Å²) in [7, 11) is 0. The van der Waals surface area contributed by atoms with Crippen LogP contribution in [0.4, 0.5) is 0 Å². The molecular formula is C10H7ClO2S. The van der Waals surface area contributed by atoms with E-state index < -0.39 is 0 Å². The minimum absolute atomic E-state index is 0.208. The number of carbonyl (C=O) groups is 1. The molecule has 0 atom stereocenters. The quantitative estimate of drug-likeness (QED) is 0.800. The first kappa shape index (κ1) is 9.65. The molecule has 0 aliphatic heterocycles. The van der Waals surface area contributed by atoms with E-state index in [-0.39, 0.29) is 6.61 Å². The van der Waals surface area contributed by atoms with Crippen LogP contribution in [0.3, 0.4) is 0 Å². The number of halogens is 1. The maximum Gasteiger partial charge on any atom is 0.151 e. The molecule has 0 radical (unpaired) electrons. The van der Waals surface area contributed by atoms with Gasteiger partial charge in [0.05, 0.1) is 6.61 Å². The molecule has 0 aliphatic rings. The van der Waals surface area contributed by atoms with Gasteiger partial charge in [0.15, 0.2) is 6.29 Å². The lowest BCUT2D eigenvalue weighted by atomic mass is 10.1. The van der Waals surface area contributed by atoms with Crippen LogP contribution in [0.15, 0.2) is 17.5 Å². The highest BCUT2D eigenvalue weighted by Crippen LogP contribution is 2.31. The minimum atomic E-state index is -0.208. The van der Waals surface area contributed by atoms with E-state index in [4.69, 9.17) is 16.7 Å². The van der Waals surface area contributed by atoms with Gasteiger partial charge in [-0.15, -0.1) is 11.3 Å². The molecule has 4 heteroatoms. The van der Waals surface area contributed by atoms with Crippen LogP contribution in [-0.4, -0.2) is 11.4 Å². The van der Waals surface area contributed by atoms with E-state index in [1.54, 1.807) is 6.07 Å². The number of rotatable bonds is 2. The molecule has 2 aromatic rings. The lowest BCUT2D eigenvalue weighted by Gasteiger charge is -2.05. The van der Waals surface area contributed by atoms with Gasteiger partial charge in [0.25, 0.3) is 0 Å². The number of carbonyl (C=O) groups excluding carboxylic acids is 1. The van der Waals surface area contributed by atoms with E-state index in [0.717, 1.165) is 16.4 Å². The van der Waals surface area contributed by atoms with Crippen LogP contribution in [0, 0.1) is 0 Å². The second kappa shape index (κ2) is 3.69. The molecule has 0 saturated heterocycles. The number of aliphatic hydroxyl groups is 1. The highest BCUT2D eigenvalue weighted by Gasteiger charge is 2.11. The molecule has 1 aromatic carbocycles. The van der Waals surface area contributed by atoms with E-state index in [1.807, 2.05) is 11.4 Å². The Labute approximate surface area is 89.7 Å². The molecular weight excluding hydrogens is 220 g/mol. The Bertz CT molecular complexity index is 490. The second-order valence-corrected chi connectivity index (χ2v) is 4.19. The SMILES string of the molecule is O=Cc1c(CO)c(Cl)cc2ccsc12. The molecule has 0 aliphatic carbocycles. The van der Waals surface area contributed by atoms with Crippen molar-refractivity contribution in [3.8, 4) is 0 Å². The summed E-state index contributed by atoms with van der Waals surface area (Å²) in [6.45, 7) is -0.208. The topological polar surface area (TPSA) is 37.3 Å². The van der Waals surface area contributed by atoms with Gasteiger partial charge in [0.2, 0.25) is 0 Å². The summed E-state index contributed by atoms with van der Waals surface area (Å²) in [5.74, 6) is 0. The van der Waals surface area contributed by atoms with Gasteiger partial charge in [-0.05, 0) is 22.9 Å². The smallest absolute Gasteiger partial charge is 0.151 e. The van der Waals surface area contributed by atoms with Gasteiger partial charge in [-0.25, -0.2) is 0 Å². The number of hydrogen-bond donors (Lipinski definition) is 1. The molecule has 2 rings (SSSR count). The van der Waals surface area contributed by atoms with Crippen molar-refractivity contribution in [2.45, 2.75) is 6.61 Å². The van der Waals surface area contributed by atoms with Crippen LogP contribution >= 0.6 is 22.9 Å². The van der Waals surface area contributed by atoms with Crippen LogP contribution < -0.4 is 0 Å². The van der Waals surface area contributed by atoms with Crippen molar-refractivity contribution in [3.05, 3.63) is 33.7 Å². The maximum atomic E-state index is 10.9. The largest absolute Gasteiger partial charge is 0.392 e. The maximum absolute atomic E-state index is 10.9. The lowest BCUT2D eigenvalue weighted by molar-refractivity contribution is 0.112. The first-order valence-corrected chi connectivity index (χ1v) is 5.28. The Balaban J connectivity index is 2.88. The van der Waals surface area contributed by atoms with Crippen molar-refractivity contribution in [1.29, 1.82) is 0 Å². The van der Waals surface area contributed by atoms with E-state index in [9.17, 15) is 4.79 Å². The van der Waals surface area contributed by atoms with Crippen molar-refractivity contribution in [2.75, 3.05) is 0 Å². The van der Waals surface area contributed by atoms with Gasteiger partial charge >= 0.3 is 0 Å². The third-order valence-electron chi connectivity index (χ3n) is 2.11. The highest BCUT2D eigenvalue weighted by atomic mass is 35.5. The average molecular weight is 227 g/mol. The van der Waals surface area contributed by atoms with Crippen molar-refractivity contribution >= 4 is 39.3 Å². The Morgan fingerprint density at radius 1 is 1.57 bits per heavy atom. The van der Waals surface area contributed by atoms with Crippen LogP contribution in [0.25, 0.3) is 10.1 Å².